The number of para-hydroxylation sites is 1. The van der Waals surface area contributed by atoms with Crippen LogP contribution in [0.4, 0.5) is 0 Å². The van der Waals surface area contributed by atoms with E-state index in [1.807, 2.05) is 31.2 Å². The molecule has 1 N–H and O–H groups in total. The number of carbonyl (C=O) groups is 1. The van der Waals surface area contributed by atoms with Gasteiger partial charge in [0.15, 0.2) is 11.9 Å². The van der Waals surface area contributed by atoms with Crippen molar-refractivity contribution in [2.45, 2.75) is 39.7 Å². The fraction of sp³-hybridized carbons (Fsp3) is 0.241. The van der Waals surface area contributed by atoms with Gasteiger partial charge < -0.3 is 14.6 Å². The Labute approximate surface area is 214 Å². The van der Waals surface area contributed by atoms with Crippen molar-refractivity contribution < 1.29 is 19.4 Å². The summed E-state index contributed by atoms with van der Waals surface area (Å²) in [6.07, 6.45) is 0.598. The number of hydrogen-bond acceptors (Lipinski definition) is 6. The van der Waals surface area contributed by atoms with E-state index >= 15 is 0 Å². The molecule has 8 heteroatoms. The average molecular weight is 500 g/mol. The summed E-state index contributed by atoms with van der Waals surface area (Å²) in [5, 5.41) is 14.0. The minimum Gasteiger partial charge on any atom is -0.496 e. The maximum Gasteiger partial charge on any atom is 0.344 e. The van der Waals surface area contributed by atoms with Gasteiger partial charge in [0.2, 0.25) is 0 Å². The van der Waals surface area contributed by atoms with E-state index in [-0.39, 0.29) is 11.5 Å². The Morgan fingerprint density at radius 3 is 2.43 bits per heavy atom. The van der Waals surface area contributed by atoms with E-state index in [0.717, 1.165) is 22.4 Å². The standard InChI is InChI=1S/C29H29N3O5/c1-17(2)23-15-24(18(3)14-26(23)36-5)27-31-25-9-7-6-8-22(25)28(33)32(27)30-16-20-10-12-21(13-11-20)37-19(4)29(34)35/h6-17,19H,1-5H3,(H,34,35)/t19-/m1/s1. The van der Waals surface area contributed by atoms with Gasteiger partial charge in [0.05, 0.1) is 24.2 Å². The van der Waals surface area contributed by atoms with Gasteiger partial charge in [0, 0.05) is 5.56 Å². The van der Waals surface area contributed by atoms with Crippen LogP contribution in [0, 0.1) is 6.92 Å². The highest BCUT2D eigenvalue weighted by molar-refractivity contribution is 5.82. The highest BCUT2D eigenvalue weighted by Crippen LogP contribution is 2.34. The Bertz CT molecular complexity index is 1540. The Hall–Kier alpha value is -4.46. The third-order valence-corrected chi connectivity index (χ3v) is 6.06. The first-order chi connectivity index (χ1) is 17.7. The zero-order valence-electron chi connectivity index (χ0n) is 21.4. The first-order valence-electron chi connectivity index (χ1n) is 11.9. The molecule has 0 aliphatic carbocycles. The number of methoxy groups -OCH3 is 1. The molecule has 0 radical (unpaired) electrons. The van der Waals surface area contributed by atoms with Crippen LogP contribution in [0.25, 0.3) is 22.3 Å². The van der Waals surface area contributed by atoms with Crippen molar-refractivity contribution in [3.8, 4) is 22.9 Å². The lowest BCUT2D eigenvalue weighted by Crippen LogP contribution is -2.22. The third kappa shape index (κ3) is 5.38. The molecule has 190 valence electrons. The molecular weight excluding hydrogens is 470 g/mol. The minimum absolute atomic E-state index is 0.197. The summed E-state index contributed by atoms with van der Waals surface area (Å²) in [6, 6.07) is 18.0. The topological polar surface area (TPSA) is 103 Å². The zero-order chi connectivity index (χ0) is 26.7. The van der Waals surface area contributed by atoms with Crippen molar-refractivity contribution >= 4 is 23.1 Å². The second kappa shape index (κ2) is 10.7. The van der Waals surface area contributed by atoms with Crippen molar-refractivity contribution in [3.05, 3.63) is 87.7 Å². The molecule has 1 atom stereocenters. The van der Waals surface area contributed by atoms with E-state index in [0.29, 0.717) is 28.0 Å². The van der Waals surface area contributed by atoms with Crippen molar-refractivity contribution in [1.29, 1.82) is 0 Å². The molecule has 0 saturated heterocycles. The number of nitrogens with zero attached hydrogens (tertiary/aromatic N) is 3. The predicted molar refractivity (Wildman–Crippen MR) is 144 cm³/mol. The summed E-state index contributed by atoms with van der Waals surface area (Å²) in [6.45, 7) is 7.58. The molecule has 0 amide bonds. The number of benzene rings is 3. The van der Waals surface area contributed by atoms with Gasteiger partial charge in [-0.05, 0) is 85.0 Å². The molecule has 0 bridgehead atoms. The number of hydrogen-bond donors (Lipinski definition) is 1. The Balaban J connectivity index is 1.83. The summed E-state index contributed by atoms with van der Waals surface area (Å²) in [5.74, 6) is 0.789. The van der Waals surface area contributed by atoms with Gasteiger partial charge >= 0.3 is 5.97 Å². The molecule has 4 aromatic rings. The van der Waals surface area contributed by atoms with Gasteiger partial charge in [-0.2, -0.15) is 9.78 Å². The largest absolute Gasteiger partial charge is 0.496 e. The van der Waals surface area contributed by atoms with Crippen molar-refractivity contribution in [2.75, 3.05) is 7.11 Å². The Kier molecular flexibility index (Phi) is 7.38. The van der Waals surface area contributed by atoms with Crippen LogP contribution in [-0.2, 0) is 4.79 Å². The molecule has 0 unspecified atom stereocenters. The van der Waals surface area contributed by atoms with Gasteiger partial charge in [-0.3, -0.25) is 4.79 Å². The van der Waals surface area contributed by atoms with Crippen molar-refractivity contribution in [1.82, 2.24) is 9.66 Å². The smallest absolute Gasteiger partial charge is 0.344 e. The van der Waals surface area contributed by atoms with Gasteiger partial charge in [-0.25, -0.2) is 9.78 Å². The number of carboxylic acid groups (broad SMARTS) is 1. The molecule has 0 aliphatic heterocycles. The number of aromatic nitrogens is 2. The maximum atomic E-state index is 13.5. The molecular formula is C29H29N3O5. The number of fused-ring (bicyclic) bond motifs is 1. The van der Waals surface area contributed by atoms with E-state index < -0.39 is 12.1 Å². The van der Waals surface area contributed by atoms with Crippen LogP contribution in [0.1, 0.15) is 43.4 Å². The molecule has 8 nitrogen and oxygen atoms in total. The predicted octanol–water partition coefficient (Wildman–Crippen LogP) is 5.24. The van der Waals surface area contributed by atoms with E-state index in [9.17, 15) is 9.59 Å². The first kappa shape index (κ1) is 25.6. The van der Waals surface area contributed by atoms with Crippen molar-refractivity contribution in [3.63, 3.8) is 0 Å². The van der Waals surface area contributed by atoms with Gasteiger partial charge in [-0.15, -0.1) is 0 Å². The molecule has 0 fully saturated rings. The first-order valence-corrected chi connectivity index (χ1v) is 11.9. The van der Waals surface area contributed by atoms with Crippen LogP contribution in [0.15, 0.2) is 70.6 Å². The Morgan fingerprint density at radius 1 is 1.08 bits per heavy atom. The molecule has 0 aliphatic rings. The van der Waals surface area contributed by atoms with Crippen LogP contribution in [0.5, 0.6) is 11.5 Å². The summed E-state index contributed by atoms with van der Waals surface area (Å²) in [7, 11) is 1.65. The summed E-state index contributed by atoms with van der Waals surface area (Å²) < 4.78 is 12.3. The SMILES string of the molecule is COc1cc(C)c(-c2nc3ccccc3c(=O)n2N=Cc2ccc(O[C@H](C)C(=O)O)cc2)cc1C(C)C. The molecule has 1 heterocycles. The van der Waals surface area contributed by atoms with Gasteiger partial charge in [0.25, 0.3) is 5.56 Å². The summed E-state index contributed by atoms with van der Waals surface area (Å²) in [5.41, 5.74) is 3.71. The number of carboxylic acids is 1. The zero-order valence-corrected chi connectivity index (χ0v) is 21.4. The van der Waals surface area contributed by atoms with E-state index in [4.69, 9.17) is 19.6 Å². The Morgan fingerprint density at radius 2 is 1.78 bits per heavy atom. The fourth-order valence-electron chi connectivity index (χ4n) is 3.98. The normalized spacial score (nSPS) is 12.3. The number of ether oxygens (including phenoxy) is 2. The summed E-state index contributed by atoms with van der Waals surface area (Å²) >= 11 is 0. The molecule has 1 aromatic heterocycles. The molecule has 0 saturated carbocycles. The van der Waals surface area contributed by atoms with Gasteiger partial charge in [0.1, 0.15) is 11.5 Å². The van der Waals surface area contributed by atoms with Gasteiger partial charge in [-0.1, -0.05) is 26.0 Å². The third-order valence-electron chi connectivity index (χ3n) is 6.06. The summed E-state index contributed by atoms with van der Waals surface area (Å²) in [4.78, 5) is 29.4. The molecule has 4 rings (SSSR count). The van der Waals surface area contributed by atoms with Crippen molar-refractivity contribution in [2.24, 2.45) is 5.10 Å². The van der Waals surface area contributed by atoms with Crippen LogP contribution < -0.4 is 15.0 Å². The van der Waals surface area contributed by atoms with E-state index in [2.05, 4.69) is 18.9 Å². The lowest BCUT2D eigenvalue weighted by atomic mass is 9.96. The van der Waals surface area contributed by atoms with Crippen LogP contribution in [0.2, 0.25) is 0 Å². The number of rotatable bonds is 8. The highest BCUT2D eigenvalue weighted by Gasteiger charge is 2.18. The van der Waals surface area contributed by atoms with E-state index in [1.54, 1.807) is 49.7 Å². The highest BCUT2D eigenvalue weighted by atomic mass is 16.5. The fourth-order valence-corrected chi connectivity index (χ4v) is 3.98. The lowest BCUT2D eigenvalue weighted by Gasteiger charge is -2.17. The van der Waals surface area contributed by atoms with Crippen LogP contribution in [0.3, 0.4) is 0 Å². The second-order valence-electron chi connectivity index (χ2n) is 9.05. The van der Waals surface area contributed by atoms with E-state index in [1.165, 1.54) is 11.6 Å². The maximum absolute atomic E-state index is 13.5. The number of aryl methyl sites for hydroxylation is 1. The second-order valence-corrected chi connectivity index (χ2v) is 9.05. The number of aliphatic carboxylic acids is 1. The van der Waals surface area contributed by atoms with Crippen LogP contribution in [-0.4, -0.2) is 40.2 Å². The van der Waals surface area contributed by atoms with Crippen LogP contribution >= 0.6 is 0 Å². The minimum atomic E-state index is -1.05. The molecule has 37 heavy (non-hydrogen) atoms. The molecule has 3 aromatic carbocycles. The monoisotopic (exact) mass is 499 g/mol. The average Bonchev–Trinajstić information content (AvgIpc) is 2.88. The quantitative estimate of drug-likeness (QED) is 0.333. The lowest BCUT2D eigenvalue weighted by molar-refractivity contribution is -0.144. The molecule has 0 spiro atoms.